The third kappa shape index (κ3) is 4.62. The average Bonchev–Trinajstić information content (AvgIpc) is 2.61. The van der Waals surface area contributed by atoms with Gasteiger partial charge in [0.25, 0.3) is 5.91 Å². The Labute approximate surface area is 151 Å². The van der Waals surface area contributed by atoms with Gasteiger partial charge in [0.2, 0.25) is 0 Å². The van der Waals surface area contributed by atoms with Crippen LogP contribution in [0.5, 0.6) is 5.75 Å². The zero-order valence-corrected chi connectivity index (χ0v) is 15.1. The molecule has 1 amide bonds. The van der Waals surface area contributed by atoms with Crippen LogP contribution in [-0.4, -0.2) is 24.5 Å². The van der Waals surface area contributed by atoms with E-state index >= 15 is 0 Å². The Morgan fingerprint density at radius 2 is 2.00 bits per heavy atom. The van der Waals surface area contributed by atoms with Crippen LogP contribution in [0.2, 0.25) is 0 Å². The van der Waals surface area contributed by atoms with Crippen molar-refractivity contribution < 1.29 is 23.8 Å². The van der Waals surface area contributed by atoms with Crippen molar-refractivity contribution in [2.24, 2.45) is 0 Å². The first-order chi connectivity index (χ1) is 12.3. The van der Waals surface area contributed by atoms with Gasteiger partial charge in [-0.25, -0.2) is 4.79 Å². The number of rotatable bonds is 8. The molecule has 1 heterocycles. The van der Waals surface area contributed by atoms with Crippen molar-refractivity contribution in [3.63, 3.8) is 0 Å². The second-order valence-electron chi connectivity index (χ2n) is 6.17. The second kappa shape index (κ2) is 8.51. The number of benzene rings is 1. The van der Waals surface area contributed by atoms with Crippen LogP contribution in [0.4, 0.5) is 0 Å². The summed E-state index contributed by atoms with van der Waals surface area (Å²) in [4.78, 5) is 34.7. The molecule has 0 aliphatic carbocycles. The van der Waals surface area contributed by atoms with Gasteiger partial charge in [0, 0.05) is 17.0 Å². The largest absolute Gasteiger partial charge is 0.548 e. The number of aryl methyl sites for hydroxylation is 1. The predicted octanol–water partition coefficient (Wildman–Crippen LogP) is 1.21. The lowest BCUT2D eigenvalue weighted by molar-refractivity contribution is -0.308. The first-order valence-electron chi connectivity index (χ1n) is 8.50. The number of amides is 1. The summed E-state index contributed by atoms with van der Waals surface area (Å²) < 4.78 is 10.6. The van der Waals surface area contributed by atoms with Crippen molar-refractivity contribution in [1.82, 2.24) is 5.32 Å². The summed E-state index contributed by atoms with van der Waals surface area (Å²) in [6.07, 6.45) is 1.80. The number of carbonyl (C=O) groups is 2. The maximum atomic E-state index is 11.9. The Kier molecular flexibility index (Phi) is 6.38. The van der Waals surface area contributed by atoms with Crippen LogP contribution in [0.15, 0.2) is 27.4 Å². The SMILES string of the molecule is CCCC[C@@H](NC(=O)COc1ccc2c(C)c(C)c(=O)oc2c1)C(=O)[O-]. The van der Waals surface area contributed by atoms with E-state index in [1.54, 1.807) is 19.1 Å². The van der Waals surface area contributed by atoms with Gasteiger partial charge in [0.15, 0.2) is 6.61 Å². The van der Waals surface area contributed by atoms with E-state index in [1.807, 2.05) is 13.8 Å². The molecule has 0 spiro atoms. The number of hydrogen-bond acceptors (Lipinski definition) is 6. The normalized spacial score (nSPS) is 12.0. The van der Waals surface area contributed by atoms with Crippen molar-refractivity contribution in [2.45, 2.75) is 46.1 Å². The minimum absolute atomic E-state index is 0.310. The van der Waals surface area contributed by atoms with E-state index in [4.69, 9.17) is 9.15 Å². The molecule has 0 fully saturated rings. The number of carboxylic acids is 1. The van der Waals surface area contributed by atoms with Crippen LogP contribution in [0.25, 0.3) is 11.0 Å². The summed E-state index contributed by atoms with van der Waals surface area (Å²) >= 11 is 0. The fourth-order valence-corrected chi connectivity index (χ4v) is 2.56. The number of carboxylic acid groups (broad SMARTS) is 1. The lowest BCUT2D eigenvalue weighted by Gasteiger charge is -2.19. The van der Waals surface area contributed by atoms with Gasteiger partial charge in [-0.2, -0.15) is 0 Å². The van der Waals surface area contributed by atoms with Crippen molar-refractivity contribution in [3.8, 4) is 5.75 Å². The molecule has 0 radical (unpaired) electrons. The van der Waals surface area contributed by atoms with Crippen LogP contribution in [0.1, 0.15) is 37.3 Å². The smallest absolute Gasteiger partial charge is 0.339 e. The van der Waals surface area contributed by atoms with Crippen LogP contribution < -0.4 is 20.8 Å². The zero-order valence-electron chi connectivity index (χ0n) is 15.1. The molecule has 0 saturated carbocycles. The van der Waals surface area contributed by atoms with Gasteiger partial charge >= 0.3 is 5.63 Å². The molecule has 1 atom stereocenters. The number of hydrogen-bond donors (Lipinski definition) is 1. The maximum absolute atomic E-state index is 11.9. The van der Waals surface area contributed by atoms with Gasteiger partial charge in [-0.1, -0.05) is 19.8 Å². The summed E-state index contributed by atoms with van der Waals surface area (Å²) in [7, 11) is 0. The Morgan fingerprint density at radius 1 is 1.27 bits per heavy atom. The summed E-state index contributed by atoms with van der Waals surface area (Å²) in [5, 5.41) is 14.2. The van der Waals surface area contributed by atoms with Gasteiger partial charge in [0.05, 0.1) is 12.0 Å². The van der Waals surface area contributed by atoms with E-state index in [0.717, 1.165) is 17.4 Å². The molecule has 0 unspecified atom stereocenters. The van der Waals surface area contributed by atoms with E-state index in [0.29, 0.717) is 29.7 Å². The van der Waals surface area contributed by atoms with E-state index in [-0.39, 0.29) is 6.61 Å². The quantitative estimate of drug-likeness (QED) is 0.709. The fraction of sp³-hybridized carbons (Fsp3) is 0.421. The Morgan fingerprint density at radius 3 is 2.65 bits per heavy atom. The average molecular weight is 360 g/mol. The molecule has 0 bridgehead atoms. The number of ether oxygens (including phenoxy) is 1. The van der Waals surface area contributed by atoms with Gasteiger partial charge in [-0.05, 0) is 38.0 Å². The summed E-state index contributed by atoms with van der Waals surface area (Å²) in [5.74, 6) is -1.53. The molecule has 7 heteroatoms. The van der Waals surface area contributed by atoms with E-state index in [2.05, 4.69) is 5.32 Å². The summed E-state index contributed by atoms with van der Waals surface area (Å²) in [5.41, 5.74) is 1.32. The first-order valence-corrected chi connectivity index (χ1v) is 8.50. The molecule has 1 aromatic carbocycles. The molecular formula is C19H22NO6-. The molecule has 2 aromatic rings. The molecule has 7 nitrogen and oxygen atoms in total. The Bertz CT molecular complexity index is 870. The Balaban J connectivity index is 2.04. The lowest BCUT2D eigenvalue weighted by Crippen LogP contribution is -2.49. The zero-order chi connectivity index (χ0) is 19.3. The number of fused-ring (bicyclic) bond motifs is 1. The second-order valence-corrected chi connectivity index (χ2v) is 6.17. The topological polar surface area (TPSA) is 109 Å². The molecule has 1 N–H and O–H groups in total. The minimum atomic E-state index is -1.31. The highest BCUT2D eigenvalue weighted by atomic mass is 16.5. The van der Waals surface area contributed by atoms with Crippen molar-refractivity contribution in [3.05, 3.63) is 39.7 Å². The van der Waals surface area contributed by atoms with Crippen molar-refractivity contribution >= 4 is 22.8 Å². The van der Waals surface area contributed by atoms with Crippen molar-refractivity contribution in [1.29, 1.82) is 0 Å². The summed E-state index contributed by atoms with van der Waals surface area (Å²) in [6, 6.07) is 3.91. The molecular weight excluding hydrogens is 338 g/mol. The van der Waals surface area contributed by atoms with E-state index < -0.39 is 23.5 Å². The Hall–Kier alpha value is -2.83. The fourth-order valence-electron chi connectivity index (χ4n) is 2.56. The molecule has 0 saturated heterocycles. The highest BCUT2D eigenvalue weighted by Crippen LogP contribution is 2.23. The highest BCUT2D eigenvalue weighted by Gasteiger charge is 2.14. The van der Waals surface area contributed by atoms with E-state index in [1.165, 1.54) is 6.07 Å². The van der Waals surface area contributed by atoms with Crippen LogP contribution in [0.3, 0.4) is 0 Å². The molecule has 26 heavy (non-hydrogen) atoms. The van der Waals surface area contributed by atoms with Crippen LogP contribution in [-0.2, 0) is 9.59 Å². The molecule has 2 rings (SSSR count). The number of aliphatic carboxylic acids is 1. The third-order valence-electron chi connectivity index (χ3n) is 4.26. The first kappa shape index (κ1) is 19.5. The van der Waals surface area contributed by atoms with Crippen LogP contribution in [0, 0.1) is 13.8 Å². The number of nitrogens with one attached hydrogen (secondary N) is 1. The monoisotopic (exact) mass is 360 g/mol. The van der Waals surface area contributed by atoms with Gasteiger partial charge in [0.1, 0.15) is 11.3 Å². The minimum Gasteiger partial charge on any atom is -0.548 e. The van der Waals surface area contributed by atoms with E-state index in [9.17, 15) is 19.5 Å². The molecule has 1 aromatic heterocycles. The van der Waals surface area contributed by atoms with Crippen molar-refractivity contribution in [2.75, 3.05) is 6.61 Å². The molecule has 140 valence electrons. The third-order valence-corrected chi connectivity index (χ3v) is 4.26. The number of unbranched alkanes of at least 4 members (excludes halogenated alkanes) is 1. The highest BCUT2D eigenvalue weighted by molar-refractivity contribution is 5.84. The summed E-state index contributed by atoms with van der Waals surface area (Å²) in [6.45, 7) is 5.11. The van der Waals surface area contributed by atoms with Gasteiger partial charge < -0.3 is 24.4 Å². The molecule has 0 aliphatic rings. The molecule has 0 aliphatic heterocycles. The number of carbonyl (C=O) groups excluding carboxylic acids is 2. The standard InChI is InChI=1S/C19H23NO6/c1-4-5-6-15(18(22)23)20-17(21)10-25-13-7-8-14-11(2)12(3)19(24)26-16(14)9-13/h7-9,15H,4-6,10H2,1-3H3,(H,20,21)(H,22,23)/p-1/t15-/m1/s1. The van der Waals surface area contributed by atoms with Gasteiger partial charge in [-0.15, -0.1) is 0 Å². The maximum Gasteiger partial charge on any atom is 0.339 e. The predicted molar refractivity (Wildman–Crippen MR) is 93.9 cm³/mol. The lowest BCUT2D eigenvalue weighted by atomic mass is 10.1. The van der Waals surface area contributed by atoms with Crippen LogP contribution >= 0.6 is 0 Å². The van der Waals surface area contributed by atoms with Gasteiger partial charge in [-0.3, -0.25) is 4.79 Å².